The summed E-state index contributed by atoms with van der Waals surface area (Å²) in [6, 6.07) is 8.01. The maximum Gasteiger partial charge on any atom is 0.135 e. The molecule has 0 amide bonds. The summed E-state index contributed by atoms with van der Waals surface area (Å²) < 4.78 is 5.62. The van der Waals surface area contributed by atoms with Crippen LogP contribution in [0.2, 0.25) is 0 Å². The van der Waals surface area contributed by atoms with Gasteiger partial charge in [0.2, 0.25) is 0 Å². The molecule has 18 heavy (non-hydrogen) atoms. The zero-order valence-corrected chi connectivity index (χ0v) is 9.91. The third kappa shape index (κ3) is 1.95. The lowest BCUT2D eigenvalue weighted by Crippen LogP contribution is -2.17. The number of ether oxygens (including phenoxy) is 1. The zero-order chi connectivity index (χ0) is 12.4. The van der Waals surface area contributed by atoms with Crippen LogP contribution in [0.3, 0.4) is 0 Å². The van der Waals surface area contributed by atoms with Gasteiger partial charge in [-0.25, -0.2) is 9.97 Å². The monoisotopic (exact) mass is 242 g/mol. The molecule has 1 N–H and O–H groups in total. The number of aromatic nitrogens is 2. The summed E-state index contributed by atoms with van der Waals surface area (Å²) in [5.74, 6) is 1.90. The van der Waals surface area contributed by atoms with Crippen LogP contribution in [0, 0.1) is 0 Å². The number of hydrogen-bond acceptors (Lipinski definition) is 4. The molecule has 3 rings (SSSR count). The van der Waals surface area contributed by atoms with E-state index in [2.05, 4.69) is 16.0 Å². The van der Waals surface area contributed by atoms with Crippen LogP contribution in [-0.2, 0) is 6.61 Å². The molecule has 2 aromatic rings. The van der Waals surface area contributed by atoms with Gasteiger partial charge < -0.3 is 9.84 Å². The molecule has 1 aliphatic rings. The van der Waals surface area contributed by atoms with Gasteiger partial charge >= 0.3 is 0 Å². The van der Waals surface area contributed by atoms with Crippen molar-refractivity contribution in [2.75, 3.05) is 6.61 Å². The van der Waals surface area contributed by atoms with Gasteiger partial charge in [-0.3, -0.25) is 0 Å². The van der Waals surface area contributed by atoms with E-state index < -0.39 is 0 Å². The molecule has 4 nitrogen and oxygen atoms in total. The predicted octanol–water partition coefficient (Wildman–Crippen LogP) is 1.88. The summed E-state index contributed by atoms with van der Waals surface area (Å²) in [5, 5.41) is 9.00. The Morgan fingerprint density at radius 1 is 1.22 bits per heavy atom. The van der Waals surface area contributed by atoms with Crippen LogP contribution in [0.15, 0.2) is 36.7 Å². The second kappa shape index (κ2) is 4.74. The van der Waals surface area contributed by atoms with Crippen molar-refractivity contribution in [3.8, 4) is 5.75 Å². The van der Waals surface area contributed by atoms with Crippen molar-refractivity contribution in [1.82, 2.24) is 9.97 Å². The SMILES string of the molecule is OCc1cnc(C2CCOc3ccccc32)nc1. The van der Waals surface area contributed by atoms with Crippen molar-refractivity contribution >= 4 is 0 Å². The second-order valence-corrected chi connectivity index (χ2v) is 4.34. The van der Waals surface area contributed by atoms with Crippen LogP contribution in [0.4, 0.5) is 0 Å². The number of para-hydroxylation sites is 1. The van der Waals surface area contributed by atoms with Crippen LogP contribution >= 0.6 is 0 Å². The van der Waals surface area contributed by atoms with Crippen LogP contribution in [0.1, 0.15) is 29.3 Å². The van der Waals surface area contributed by atoms with Crippen LogP contribution in [-0.4, -0.2) is 21.7 Å². The van der Waals surface area contributed by atoms with Gasteiger partial charge in [-0.1, -0.05) is 18.2 Å². The maximum atomic E-state index is 9.00. The van der Waals surface area contributed by atoms with Gasteiger partial charge in [0.1, 0.15) is 11.6 Å². The quantitative estimate of drug-likeness (QED) is 0.873. The lowest BCUT2D eigenvalue weighted by Gasteiger charge is -2.24. The summed E-state index contributed by atoms with van der Waals surface area (Å²) >= 11 is 0. The first-order chi connectivity index (χ1) is 8.88. The van der Waals surface area contributed by atoms with Gasteiger partial charge in [-0.15, -0.1) is 0 Å². The van der Waals surface area contributed by atoms with Gasteiger partial charge in [-0.05, 0) is 12.5 Å². The Bertz CT molecular complexity index is 540. The van der Waals surface area contributed by atoms with Crippen LogP contribution < -0.4 is 4.74 Å². The summed E-state index contributed by atoms with van der Waals surface area (Å²) in [4.78, 5) is 8.69. The molecule has 1 aliphatic heterocycles. The first kappa shape index (κ1) is 11.2. The largest absolute Gasteiger partial charge is 0.493 e. The normalized spacial score (nSPS) is 17.9. The topological polar surface area (TPSA) is 55.2 Å². The van der Waals surface area contributed by atoms with Crippen molar-refractivity contribution in [3.05, 3.63) is 53.6 Å². The van der Waals surface area contributed by atoms with Gasteiger partial charge in [0.15, 0.2) is 0 Å². The number of fused-ring (bicyclic) bond motifs is 1. The molecule has 1 unspecified atom stereocenters. The number of nitrogens with zero attached hydrogens (tertiary/aromatic N) is 2. The molecule has 1 aromatic carbocycles. The number of aliphatic hydroxyl groups is 1. The lowest BCUT2D eigenvalue weighted by atomic mass is 9.92. The fourth-order valence-corrected chi connectivity index (χ4v) is 2.24. The predicted molar refractivity (Wildman–Crippen MR) is 66.4 cm³/mol. The highest BCUT2D eigenvalue weighted by Crippen LogP contribution is 2.36. The Kier molecular flexibility index (Phi) is 2.94. The summed E-state index contributed by atoms with van der Waals surface area (Å²) in [7, 11) is 0. The summed E-state index contributed by atoms with van der Waals surface area (Å²) in [6.07, 6.45) is 4.25. The van der Waals surface area contributed by atoms with Crippen LogP contribution in [0.5, 0.6) is 5.75 Å². The molecule has 0 fully saturated rings. The Balaban J connectivity index is 1.97. The van der Waals surface area contributed by atoms with Gasteiger partial charge in [0, 0.05) is 23.5 Å². The number of aliphatic hydroxyl groups excluding tert-OH is 1. The molecule has 1 atom stereocenters. The maximum absolute atomic E-state index is 9.00. The van der Waals surface area contributed by atoms with E-state index in [1.165, 1.54) is 0 Å². The third-order valence-electron chi connectivity index (χ3n) is 3.18. The Labute approximate surface area is 105 Å². The van der Waals surface area contributed by atoms with E-state index in [0.29, 0.717) is 6.61 Å². The van der Waals surface area contributed by atoms with E-state index in [-0.39, 0.29) is 12.5 Å². The molecule has 0 aliphatic carbocycles. The Morgan fingerprint density at radius 3 is 2.78 bits per heavy atom. The Morgan fingerprint density at radius 2 is 2.00 bits per heavy atom. The van der Waals surface area contributed by atoms with Crippen molar-refractivity contribution < 1.29 is 9.84 Å². The Hall–Kier alpha value is -1.94. The number of hydrogen-bond donors (Lipinski definition) is 1. The zero-order valence-electron chi connectivity index (χ0n) is 9.91. The highest BCUT2D eigenvalue weighted by molar-refractivity contribution is 5.40. The minimum atomic E-state index is -0.0232. The number of benzene rings is 1. The number of rotatable bonds is 2. The molecule has 4 heteroatoms. The standard InChI is InChI=1S/C14H14N2O2/c17-9-10-7-15-14(16-8-10)12-5-6-18-13-4-2-1-3-11(12)13/h1-4,7-8,12,17H,5-6,9H2. The molecule has 0 radical (unpaired) electrons. The molecule has 2 heterocycles. The fraction of sp³-hybridized carbons (Fsp3) is 0.286. The van der Waals surface area contributed by atoms with Crippen molar-refractivity contribution in [2.45, 2.75) is 18.9 Å². The average Bonchev–Trinajstić information content (AvgIpc) is 2.47. The van der Waals surface area contributed by atoms with E-state index >= 15 is 0 Å². The van der Waals surface area contributed by atoms with Crippen molar-refractivity contribution in [3.63, 3.8) is 0 Å². The molecule has 0 saturated carbocycles. The molecular formula is C14H14N2O2. The van der Waals surface area contributed by atoms with E-state index in [4.69, 9.17) is 9.84 Å². The molecule has 1 aromatic heterocycles. The highest BCUT2D eigenvalue weighted by atomic mass is 16.5. The van der Waals surface area contributed by atoms with E-state index in [0.717, 1.165) is 29.1 Å². The average molecular weight is 242 g/mol. The van der Waals surface area contributed by atoms with E-state index in [9.17, 15) is 0 Å². The smallest absolute Gasteiger partial charge is 0.135 e. The lowest BCUT2D eigenvalue weighted by molar-refractivity contribution is 0.273. The first-order valence-electron chi connectivity index (χ1n) is 6.02. The molecule has 0 saturated heterocycles. The van der Waals surface area contributed by atoms with Crippen molar-refractivity contribution in [2.24, 2.45) is 0 Å². The molecule has 0 bridgehead atoms. The van der Waals surface area contributed by atoms with Gasteiger partial charge in [0.25, 0.3) is 0 Å². The summed E-state index contributed by atoms with van der Waals surface area (Å²) in [6.45, 7) is 0.664. The fourth-order valence-electron chi connectivity index (χ4n) is 2.24. The highest BCUT2D eigenvalue weighted by Gasteiger charge is 2.24. The molecule has 0 spiro atoms. The first-order valence-corrected chi connectivity index (χ1v) is 6.02. The second-order valence-electron chi connectivity index (χ2n) is 4.34. The van der Waals surface area contributed by atoms with Gasteiger partial charge in [-0.2, -0.15) is 0 Å². The van der Waals surface area contributed by atoms with Gasteiger partial charge in [0.05, 0.1) is 19.1 Å². The third-order valence-corrected chi connectivity index (χ3v) is 3.18. The van der Waals surface area contributed by atoms with E-state index in [1.807, 2.05) is 18.2 Å². The van der Waals surface area contributed by atoms with Crippen molar-refractivity contribution in [1.29, 1.82) is 0 Å². The van der Waals surface area contributed by atoms with E-state index in [1.54, 1.807) is 12.4 Å². The minimum Gasteiger partial charge on any atom is -0.493 e. The van der Waals surface area contributed by atoms with Crippen LogP contribution in [0.25, 0.3) is 0 Å². The summed E-state index contributed by atoms with van der Waals surface area (Å²) in [5.41, 5.74) is 1.87. The molecular weight excluding hydrogens is 228 g/mol. The minimum absolute atomic E-state index is 0.0232. The molecule has 92 valence electrons.